The molecule has 0 N–H and O–H groups in total. The van der Waals surface area contributed by atoms with Gasteiger partial charge in [-0.3, -0.25) is 9.78 Å². The molecule has 0 aliphatic carbocycles. The van der Waals surface area contributed by atoms with Gasteiger partial charge in [0.25, 0.3) is 5.91 Å². The van der Waals surface area contributed by atoms with Crippen molar-refractivity contribution in [3.63, 3.8) is 0 Å². The van der Waals surface area contributed by atoms with Crippen LogP contribution < -0.4 is 0 Å². The second-order valence-corrected chi connectivity index (χ2v) is 5.43. The van der Waals surface area contributed by atoms with Gasteiger partial charge in [0.15, 0.2) is 0 Å². The normalized spacial score (nSPS) is 18.0. The molecule has 2 aromatic rings. The Morgan fingerprint density at radius 2 is 2.24 bits per heavy atom. The molecule has 1 fully saturated rings. The Balaban J connectivity index is 1.92. The van der Waals surface area contributed by atoms with E-state index in [0.29, 0.717) is 6.54 Å². The van der Waals surface area contributed by atoms with E-state index in [-0.39, 0.29) is 17.5 Å². The van der Waals surface area contributed by atoms with Crippen LogP contribution in [0.25, 0.3) is 0 Å². The van der Waals surface area contributed by atoms with Crippen molar-refractivity contribution in [3.8, 4) is 0 Å². The van der Waals surface area contributed by atoms with E-state index >= 15 is 0 Å². The van der Waals surface area contributed by atoms with Crippen LogP contribution in [0.3, 0.4) is 0 Å². The van der Waals surface area contributed by atoms with Gasteiger partial charge in [0.05, 0.1) is 11.6 Å². The molecule has 0 bridgehead atoms. The number of hydrogen-bond donors (Lipinski definition) is 0. The number of carbonyl (C=O) groups is 1. The van der Waals surface area contributed by atoms with Gasteiger partial charge in [0, 0.05) is 18.9 Å². The number of rotatable bonds is 2. The monoisotopic (exact) mass is 284 g/mol. The maximum atomic E-state index is 13.9. The molecular formula is C17H17FN2O. The number of hydrogen-bond acceptors (Lipinski definition) is 2. The molecule has 1 unspecified atom stereocenters. The minimum absolute atomic E-state index is 0.00823. The fourth-order valence-electron chi connectivity index (χ4n) is 2.89. The number of aryl methyl sites for hydroxylation is 1. The summed E-state index contributed by atoms with van der Waals surface area (Å²) in [4.78, 5) is 18.5. The lowest BCUT2D eigenvalue weighted by atomic mass is 10.1. The van der Waals surface area contributed by atoms with Crippen LogP contribution in [0.15, 0.2) is 42.7 Å². The average molecular weight is 284 g/mol. The molecule has 1 aliphatic heterocycles. The van der Waals surface area contributed by atoms with Crippen molar-refractivity contribution < 1.29 is 9.18 Å². The summed E-state index contributed by atoms with van der Waals surface area (Å²) < 4.78 is 13.9. The van der Waals surface area contributed by atoms with E-state index in [1.165, 1.54) is 6.07 Å². The molecule has 21 heavy (non-hydrogen) atoms. The zero-order valence-electron chi connectivity index (χ0n) is 11.9. The van der Waals surface area contributed by atoms with Crippen molar-refractivity contribution in [2.45, 2.75) is 25.8 Å². The minimum atomic E-state index is -0.456. The molecule has 2 heterocycles. The number of halogens is 1. The van der Waals surface area contributed by atoms with E-state index in [2.05, 4.69) is 4.98 Å². The predicted molar refractivity (Wildman–Crippen MR) is 78.4 cm³/mol. The van der Waals surface area contributed by atoms with Crippen LogP contribution in [0, 0.1) is 12.7 Å². The Kier molecular flexibility index (Phi) is 3.69. The molecule has 1 aliphatic rings. The largest absolute Gasteiger partial charge is 0.331 e. The first-order chi connectivity index (χ1) is 10.2. The molecule has 1 saturated heterocycles. The first-order valence-corrected chi connectivity index (χ1v) is 7.14. The highest BCUT2D eigenvalue weighted by molar-refractivity contribution is 5.95. The number of benzene rings is 1. The Labute approximate surface area is 123 Å². The third-order valence-electron chi connectivity index (χ3n) is 3.94. The van der Waals surface area contributed by atoms with E-state index in [4.69, 9.17) is 0 Å². The topological polar surface area (TPSA) is 33.2 Å². The van der Waals surface area contributed by atoms with Crippen LogP contribution in [0.2, 0.25) is 0 Å². The summed E-state index contributed by atoms with van der Waals surface area (Å²) in [6, 6.07) is 8.48. The molecule has 3 rings (SSSR count). The first kappa shape index (κ1) is 13.7. The van der Waals surface area contributed by atoms with Crippen molar-refractivity contribution in [2.75, 3.05) is 6.54 Å². The number of carbonyl (C=O) groups excluding carboxylic acids is 1. The van der Waals surface area contributed by atoms with E-state index in [0.717, 1.165) is 24.0 Å². The van der Waals surface area contributed by atoms with Gasteiger partial charge < -0.3 is 4.90 Å². The summed E-state index contributed by atoms with van der Waals surface area (Å²) in [6.07, 6.45) is 5.32. The van der Waals surface area contributed by atoms with E-state index in [9.17, 15) is 9.18 Å². The van der Waals surface area contributed by atoms with Crippen LogP contribution in [0.5, 0.6) is 0 Å². The predicted octanol–water partition coefficient (Wildman–Crippen LogP) is 3.51. The van der Waals surface area contributed by atoms with E-state index < -0.39 is 5.82 Å². The van der Waals surface area contributed by atoms with Crippen molar-refractivity contribution >= 4 is 5.91 Å². The summed E-state index contributed by atoms with van der Waals surface area (Å²) >= 11 is 0. The Hall–Kier alpha value is -2.23. The minimum Gasteiger partial charge on any atom is -0.331 e. The molecule has 3 nitrogen and oxygen atoms in total. The second-order valence-electron chi connectivity index (χ2n) is 5.43. The van der Waals surface area contributed by atoms with Gasteiger partial charge >= 0.3 is 0 Å². The van der Waals surface area contributed by atoms with Gasteiger partial charge in [-0.1, -0.05) is 17.7 Å². The lowest BCUT2D eigenvalue weighted by molar-refractivity contribution is 0.0730. The fraction of sp³-hybridized carbons (Fsp3) is 0.294. The summed E-state index contributed by atoms with van der Waals surface area (Å²) in [6.45, 7) is 2.52. The molecule has 0 spiro atoms. The quantitative estimate of drug-likeness (QED) is 0.845. The Bertz CT molecular complexity index is 657. The highest BCUT2D eigenvalue weighted by Crippen LogP contribution is 2.33. The summed E-state index contributed by atoms with van der Waals surface area (Å²) in [5.74, 6) is -0.690. The van der Waals surface area contributed by atoms with E-state index in [1.807, 2.05) is 19.1 Å². The van der Waals surface area contributed by atoms with Gasteiger partial charge in [0.1, 0.15) is 5.82 Å². The summed E-state index contributed by atoms with van der Waals surface area (Å²) in [7, 11) is 0. The fourth-order valence-corrected chi connectivity index (χ4v) is 2.89. The number of amides is 1. The van der Waals surface area contributed by atoms with Crippen molar-refractivity contribution in [1.29, 1.82) is 0 Å². The van der Waals surface area contributed by atoms with Crippen molar-refractivity contribution in [3.05, 3.63) is 65.2 Å². The van der Waals surface area contributed by atoms with Crippen LogP contribution >= 0.6 is 0 Å². The molecule has 4 heteroatoms. The maximum absolute atomic E-state index is 13.9. The molecule has 0 saturated carbocycles. The second kappa shape index (κ2) is 5.64. The highest BCUT2D eigenvalue weighted by Gasteiger charge is 2.31. The van der Waals surface area contributed by atoms with Gasteiger partial charge in [0.2, 0.25) is 0 Å². The van der Waals surface area contributed by atoms with Crippen LogP contribution in [0.1, 0.15) is 40.4 Å². The lowest BCUT2D eigenvalue weighted by Gasteiger charge is -2.25. The number of nitrogens with zero attached hydrogens (tertiary/aromatic N) is 2. The molecule has 1 amide bonds. The average Bonchev–Trinajstić information content (AvgIpc) is 2.99. The lowest BCUT2D eigenvalue weighted by Crippen LogP contribution is -2.31. The molecular weight excluding hydrogens is 267 g/mol. The first-order valence-electron chi connectivity index (χ1n) is 7.14. The zero-order chi connectivity index (χ0) is 14.8. The van der Waals surface area contributed by atoms with Gasteiger partial charge in [-0.25, -0.2) is 4.39 Å². The number of aromatic nitrogens is 1. The SMILES string of the molecule is Cc1ccc(F)c(C(=O)N2CCCC2c2cccnc2)c1. The molecule has 1 atom stereocenters. The van der Waals surface area contributed by atoms with Crippen LogP contribution in [-0.4, -0.2) is 22.3 Å². The molecule has 0 radical (unpaired) electrons. The third kappa shape index (κ3) is 2.66. The van der Waals surface area contributed by atoms with Crippen LogP contribution in [-0.2, 0) is 0 Å². The van der Waals surface area contributed by atoms with Crippen molar-refractivity contribution in [2.24, 2.45) is 0 Å². The van der Waals surface area contributed by atoms with Crippen LogP contribution in [0.4, 0.5) is 4.39 Å². The maximum Gasteiger partial charge on any atom is 0.257 e. The standard InChI is InChI=1S/C17H17FN2O/c1-12-6-7-15(18)14(10-12)17(21)20-9-3-5-16(20)13-4-2-8-19-11-13/h2,4,6-8,10-11,16H,3,5,9H2,1H3. The molecule has 1 aromatic heterocycles. The smallest absolute Gasteiger partial charge is 0.257 e. The van der Waals surface area contributed by atoms with Gasteiger partial charge in [-0.15, -0.1) is 0 Å². The summed E-state index contributed by atoms with van der Waals surface area (Å²) in [5.41, 5.74) is 2.05. The molecule has 108 valence electrons. The van der Waals surface area contributed by atoms with E-state index in [1.54, 1.807) is 29.4 Å². The Morgan fingerprint density at radius 1 is 1.38 bits per heavy atom. The van der Waals surface area contributed by atoms with Gasteiger partial charge in [-0.2, -0.15) is 0 Å². The number of likely N-dealkylation sites (tertiary alicyclic amines) is 1. The van der Waals surface area contributed by atoms with Gasteiger partial charge in [-0.05, 0) is 43.5 Å². The molecule has 1 aromatic carbocycles. The third-order valence-corrected chi connectivity index (χ3v) is 3.94. The summed E-state index contributed by atoms with van der Waals surface area (Å²) in [5, 5.41) is 0. The zero-order valence-corrected chi connectivity index (χ0v) is 11.9. The number of pyridine rings is 1. The Morgan fingerprint density at radius 3 is 3.00 bits per heavy atom. The van der Waals surface area contributed by atoms with Crippen molar-refractivity contribution in [1.82, 2.24) is 9.88 Å². The highest BCUT2D eigenvalue weighted by atomic mass is 19.1.